The number of carboxylic acid groups (broad SMARTS) is 1. The molecule has 4 aliphatic rings. The number of allylic oxidation sites excluding steroid dienone is 1. The summed E-state index contributed by atoms with van der Waals surface area (Å²) < 4.78 is 5.10. The number of carbonyl (C=O) groups is 5. The van der Waals surface area contributed by atoms with Crippen LogP contribution in [0, 0.1) is 28.6 Å². The van der Waals surface area contributed by atoms with E-state index in [0.29, 0.717) is 19.3 Å². The molecule has 10 nitrogen and oxygen atoms in total. The summed E-state index contributed by atoms with van der Waals surface area (Å²) in [7, 11) is 0. The molecule has 0 aromatic carbocycles. The third-order valence-electron chi connectivity index (χ3n) is 10.2. The molecule has 39 heavy (non-hydrogen) atoms. The number of aliphatic hydroxyl groups excluding tert-OH is 1. The zero-order chi connectivity index (χ0) is 28.8. The number of aliphatic carboxylic acids is 1. The van der Waals surface area contributed by atoms with Gasteiger partial charge in [0.2, 0.25) is 11.7 Å². The van der Waals surface area contributed by atoms with Crippen molar-refractivity contribution in [1.29, 1.82) is 0 Å². The number of carboxylic acids is 1. The van der Waals surface area contributed by atoms with Crippen molar-refractivity contribution in [3.8, 4) is 0 Å². The van der Waals surface area contributed by atoms with Crippen LogP contribution in [0.25, 0.3) is 0 Å². The van der Waals surface area contributed by atoms with Crippen molar-refractivity contribution >= 4 is 42.0 Å². The van der Waals surface area contributed by atoms with Gasteiger partial charge in [-0.2, -0.15) is 12.6 Å². The summed E-state index contributed by atoms with van der Waals surface area (Å²) in [4.78, 5) is 60.5. The number of carbonyl (C=O) groups excluding carboxylic acids is 4. The third-order valence-corrected chi connectivity index (χ3v) is 10.6. The van der Waals surface area contributed by atoms with Gasteiger partial charge in [-0.05, 0) is 67.8 Å². The van der Waals surface area contributed by atoms with Gasteiger partial charge in [-0.1, -0.05) is 19.4 Å². The van der Waals surface area contributed by atoms with Crippen molar-refractivity contribution in [3.05, 3.63) is 11.6 Å². The number of hydrogen-bond donors (Lipinski definition) is 5. The Morgan fingerprint density at radius 3 is 2.54 bits per heavy atom. The number of rotatable bonds is 9. The Morgan fingerprint density at radius 1 is 1.15 bits per heavy atom. The molecule has 4 rings (SSSR count). The van der Waals surface area contributed by atoms with Crippen LogP contribution in [-0.2, 0) is 28.7 Å². The van der Waals surface area contributed by atoms with Crippen LogP contribution in [0.4, 0.5) is 0 Å². The topological polar surface area (TPSA) is 167 Å². The Bertz CT molecular complexity index is 1090. The van der Waals surface area contributed by atoms with Gasteiger partial charge in [0.1, 0.15) is 11.6 Å². The van der Waals surface area contributed by atoms with Gasteiger partial charge in [0.15, 0.2) is 12.4 Å². The van der Waals surface area contributed by atoms with E-state index in [9.17, 15) is 34.2 Å². The number of thiol groups is 1. The van der Waals surface area contributed by atoms with Gasteiger partial charge in [0.25, 0.3) is 0 Å². The molecule has 0 unspecified atom stereocenters. The molecule has 0 spiro atoms. The van der Waals surface area contributed by atoms with Crippen LogP contribution >= 0.6 is 12.6 Å². The first kappa shape index (κ1) is 29.7. The minimum Gasteiger partial charge on any atom is -0.480 e. The summed E-state index contributed by atoms with van der Waals surface area (Å²) >= 11 is 3.86. The van der Waals surface area contributed by atoms with E-state index < -0.39 is 53.4 Å². The maximum absolute atomic E-state index is 13.3. The highest BCUT2D eigenvalue weighted by Crippen LogP contribution is 2.67. The number of fused-ring (bicyclic) bond motifs is 5. The van der Waals surface area contributed by atoms with Crippen LogP contribution in [0.3, 0.4) is 0 Å². The monoisotopic (exact) mass is 565 g/mol. The number of amides is 1. The molecular weight excluding hydrogens is 526 g/mol. The van der Waals surface area contributed by atoms with Crippen molar-refractivity contribution < 1.29 is 44.0 Å². The van der Waals surface area contributed by atoms with Gasteiger partial charge in [-0.25, -0.2) is 4.79 Å². The summed E-state index contributed by atoms with van der Waals surface area (Å²) in [6, 6.07) is -1.18. The van der Waals surface area contributed by atoms with Gasteiger partial charge >= 0.3 is 11.9 Å². The van der Waals surface area contributed by atoms with E-state index in [-0.39, 0.29) is 60.4 Å². The number of esters is 1. The van der Waals surface area contributed by atoms with Crippen LogP contribution in [0.15, 0.2) is 11.6 Å². The van der Waals surface area contributed by atoms with E-state index in [1.165, 1.54) is 0 Å². The molecule has 0 saturated heterocycles. The Balaban J connectivity index is 1.39. The lowest BCUT2D eigenvalue weighted by Gasteiger charge is -2.60. The van der Waals surface area contributed by atoms with Crippen molar-refractivity contribution in [2.75, 3.05) is 12.4 Å². The molecule has 8 atom stereocenters. The van der Waals surface area contributed by atoms with Gasteiger partial charge < -0.3 is 25.4 Å². The Hall–Kier alpha value is -2.24. The first-order valence-corrected chi connectivity index (χ1v) is 14.4. The zero-order valence-electron chi connectivity index (χ0n) is 22.5. The SMILES string of the molecule is C[C@]12CCC(=O)C=C1CC[C@@H]1[C@@H]2[C@H](O)C[C@@]2(C)[C@H]1CC[C@]2(O)C(=O)COC(=O)CCC(=O)N[C@H](CS)C(=O)O. The second kappa shape index (κ2) is 11.0. The lowest BCUT2D eigenvalue weighted by Crippen LogP contribution is -2.62. The van der Waals surface area contributed by atoms with Gasteiger partial charge in [-0.3, -0.25) is 19.2 Å². The third kappa shape index (κ3) is 5.17. The molecule has 0 heterocycles. The molecular formula is C28H39NO9S. The quantitative estimate of drug-likeness (QED) is 0.206. The highest BCUT2D eigenvalue weighted by Gasteiger charge is 2.68. The molecule has 4 N–H and O–H groups in total. The first-order chi connectivity index (χ1) is 18.3. The van der Waals surface area contributed by atoms with E-state index in [1.54, 1.807) is 6.08 Å². The van der Waals surface area contributed by atoms with E-state index in [0.717, 1.165) is 18.4 Å². The largest absolute Gasteiger partial charge is 0.480 e. The maximum atomic E-state index is 13.3. The summed E-state index contributed by atoms with van der Waals surface area (Å²) in [5, 5.41) is 34.4. The van der Waals surface area contributed by atoms with Crippen molar-refractivity contribution in [2.45, 2.75) is 89.4 Å². The summed E-state index contributed by atoms with van der Waals surface area (Å²) in [5.74, 6) is -3.24. The van der Waals surface area contributed by atoms with E-state index in [1.807, 2.05) is 6.92 Å². The minimum atomic E-state index is -1.76. The summed E-state index contributed by atoms with van der Waals surface area (Å²) in [6.07, 6.45) is 4.12. The fourth-order valence-electron chi connectivity index (χ4n) is 8.16. The second-order valence-corrected chi connectivity index (χ2v) is 12.6. The van der Waals surface area contributed by atoms with Gasteiger partial charge in [0, 0.05) is 24.0 Å². The molecule has 3 saturated carbocycles. The molecule has 0 bridgehead atoms. The van der Waals surface area contributed by atoms with Crippen LogP contribution in [0.1, 0.15) is 71.6 Å². The lowest BCUT2D eigenvalue weighted by molar-refractivity contribution is -0.184. The standard InChI is InChI=1S/C28H39NO9S/c1-26-9-7-16(30)11-15(26)3-4-17-18-8-10-28(37,27(18,2)12-20(31)24(17)26)21(32)13-38-23(34)6-5-22(33)29-19(14-39)25(35)36/h11,17-20,24,31,37,39H,3-10,12-14H2,1-2H3,(H,29,33)(H,35,36)/t17-,18-,19+,20+,24+,26-,27-,28-/m0/s1. The number of Topliss-reactive ketones (excluding diaryl/α,β-unsaturated/α-hetero) is 1. The molecule has 3 fully saturated rings. The fraction of sp³-hybridized carbons (Fsp3) is 0.750. The average molecular weight is 566 g/mol. The molecule has 0 aromatic heterocycles. The maximum Gasteiger partial charge on any atom is 0.327 e. The number of ether oxygens (including phenoxy) is 1. The lowest BCUT2D eigenvalue weighted by atomic mass is 9.45. The number of ketones is 2. The predicted molar refractivity (Wildman–Crippen MR) is 142 cm³/mol. The van der Waals surface area contributed by atoms with E-state index in [2.05, 4.69) is 24.9 Å². The van der Waals surface area contributed by atoms with Crippen LogP contribution in [-0.4, -0.2) is 74.8 Å². The van der Waals surface area contributed by atoms with Crippen LogP contribution in [0.5, 0.6) is 0 Å². The Morgan fingerprint density at radius 2 is 1.87 bits per heavy atom. The molecule has 0 radical (unpaired) electrons. The normalized spacial score (nSPS) is 38.0. The summed E-state index contributed by atoms with van der Waals surface area (Å²) in [5.41, 5.74) is -1.82. The smallest absolute Gasteiger partial charge is 0.327 e. The fourth-order valence-corrected chi connectivity index (χ4v) is 8.40. The van der Waals surface area contributed by atoms with E-state index in [4.69, 9.17) is 9.84 Å². The Kier molecular flexibility index (Phi) is 8.36. The number of nitrogens with one attached hydrogen (secondary N) is 1. The average Bonchev–Trinajstić information content (AvgIpc) is 3.15. The molecule has 216 valence electrons. The zero-order valence-corrected chi connectivity index (χ0v) is 23.4. The predicted octanol–water partition coefficient (Wildman–Crippen LogP) is 1.61. The van der Waals surface area contributed by atoms with E-state index >= 15 is 0 Å². The van der Waals surface area contributed by atoms with Crippen molar-refractivity contribution in [2.24, 2.45) is 28.6 Å². The van der Waals surface area contributed by atoms with Crippen molar-refractivity contribution in [1.82, 2.24) is 5.32 Å². The minimum absolute atomic E-state index is 0.00395. The van der Waals surface area contributed by atoms with Crippen LogP contribution < -0.4 is 5.32 Å². The first-order valence-electron chi connectivity index (χ1n) is 13.7. The molecule has 0 aliphatic heterocycles. The molecule has 4 aliphatic carbocycles. The Labute approximate surface area is 233 Å². The molecule has 1 amide bonds. The van der Waals surface area contributed by atoms with Crippen molar-refractivity contribution in [3.63, 3.8) is 0 Å². The summed E-state index contributed by atoms with van der Waals surface area (Å²) in [6.45, 7) is 3.34. The highest BCUT2D eigenvalue weighted by molar-refractivity contribution is 7.80. The van der Waals surface area contributed by atoms with Gasteiger partial charge in [0.05, 0.1) is 12.5 Å². The number of hydrogen-bond acceptors (Lipinski definition) is 9. The highest BCUT2D eigenvalue weighted by atomic mass is 32.1. The second-order valence-electron chi connectivity index (χ2n) is 12.2. The molecule has 11 heteroatoms. The number of aliphatic hydroxyl groups is 2. The molecule has 0 aromatic rings. The van der Waals surface area contributed by atoms with Crippen LogP contribution in [0.2, 0.25) is 0 Å². The van der Waals surface area contributed by atoms with Gasteiger partial charge in [-0.15, -0.1) is 0 Å².